The molecule has 2 heterocycles. The van der Waals surface area contributed by atoms with Crippen LogP contribution in [0.15, 0.2) is 0 Å². The van der Waals surface area contributed by atoms with Crippen molar-refractivity contribution < 1.29 is 79.9 Å². The third-order valence-electron chi connectivity index (χ3n) is 3.61. The maximum absolute atomic E-state index is 12.0. The van der Waals surface area contributed by atoms with Crippen molar-refractivity contribution in [1.82, 2.24) is 0 Å². The summed E-state index contributed by atoms with van der Waals surface area (Å²) in [6.07, 6.45) is -7.47. The average molecular weight is 421 g/mol. The molecule has 0 amide bonds. The zero-order valence-electron chi connectivity index (χ0n) is 12.5. The summed E-state index contributed by atoms with van der Waals surface area (Å²) in [6, 6.07) is 0. The quantitative estimate of drug-likeness (QED) is 0.128. The molecular formula is C12H13FeO13. The second-order valence-corrected chi connectivity index (χ2v) is 5.93. The number of aliphatic hydroxyl groups excluding tert-OH is 4. The fourth-order valence-electron chi connectivity index (χ4n) is 2.12. The Labute approximate surface area is 151 Å². The molecule has 0 aromatic heterocycles. The number of fused-ring (bicyclic) bond motifs is 3. The van der Waals surface area contributed by atoms with E-state index in [0.29, 0.717) is 0 Å². The van der Waals surface area contributed by atoms with E-state index in [0.717, 1.165) is 0 Å². The van der Waals surface area contributed by atoms with Crippen molar-refractivity contribution in [1.29, 1.82) is 0 Å². The average Bonchev–Trinajstić information content (AvgIpc) is 2.61. The number of cyclic esters (lactones) is 1. The number of aliphatic hydroxyl groups is 7. The molecule has 2 bridgehead atoms. The van der Waals surface area contributed by atoms with Gasteiger partial charge < -0.3 is 0 Å². The Morgan fingerprint density at radius 1 is 1.04 bits per heavy atom. The van der Waals surface area contributed by atoms with Crippen LogP contribution in [0.25, 0.3) is 0 Å². The van der Waals surface area contributed by atoms with Crippen molar-refractivity contribution in [3.63, 3.8) is 0 Å². The first-order chi connectivity index (χ1) is 11.8. The first-order valence-corrected chi connectivity index (χ1v) is 7.27. The first-order valence-electron chi connectivity index (χ1n) is 6.72. The van der Waals surface area contributed by atoms with Gasteiger partial charge in [0.25, 0.3) is 0 Å². The van der Waals surface area contributed by atoms with E-state index >= 15 is 0 Å². The molecule has 26 heavy (non-hydrogen) atoms. The number of hydrogen-bond donors (Lipinski definition) is 7. The molecule has 13 nitrogen and oxygen atoms in total. The molecule has 2 aliphatic rings. The van der Waals surface area contributed by atoms with E-state index in [2.05, 4.69) is 29.8 Å². The predicted molar refractivity (Wildman–Crippen MR) is 67.5 cm³/mol. The van der Waals surface area contributed by atoms with Crippen LogP contribution in [0.3, 0.4) is 0 Å². The van der Waals surface area contributed by atoms with E-state index in [4.69, 9.17) is 5.11 Å². The molecule has 0 radical (unpaired) electrons. The molecule has 2 saturated heterocycles. The van der Waals surface area contributed by atoms with Crippen LogP contribution in [0.4, 0.5) is 0 Å². The second-order valence-electron chi connectivity index (χ2n) is 5.38. The van der Waals surface area contributed by atoms with Gasteiger partial charge in [0.05, 0.1) is 0 Å². The summed E-state index contributed by atoms with van der Waals surface area (Å²) < 4.78 is 11.8. The van der Waals surface area contributed by atoms with E-state index in [1.807, 2.05) is 0 Å². The molecule has 147 valence electrons. The molecule has 0 aliphatic carbocycles. The number of carbonyl (C=O) groups is 3. The molecular weight excluding hydrogens is 408 g/mol. The van der Waals surface area contributed by atoms with Gasteiger partial charge in [0.15, 0.2) is 0 Å². The van der Waals surface area contributed by atoms with Gasteiger partial charge in [-0.3, -0.25) is 0 Å². The van der Waals surface area contributed by atoms with Gasteiger partial charge in [-0.05, 0) is 0 Å². The summed E-state index contributed by atoms with van der Waals surface area (Å²) in [5, 5.41) is 68.7. The third kappa shape index (κ3) is 2.90. The zero-order chi connectivity index (χ0) is 20.1. The van der Waals surface area contributed by atoms with Crippen LogP contribution in [-0.4, -0.2) is 100 Å². The van der Waals surface area contributed by atoms with Gasteiger partial charge in [0, 0.05) is 0 Å². The van der Waals surface area contributed by atoms with Crippen molar-refractivity contribution in [2.75, 3.05) is 6.61 Å². The standard InChI is InChI=1S/C12H13O13.Fe/c13-3-4(14)7(17)8(18)11(21)12(22)24-6(16)2-10(20,9(19)25-12)1-5(15)23-11;/h1,4,7-8,13-14,17-18,20-22H,3H2;/q-1;+1/t4-,7+,8+,10?,11+,12?;/m0./s1. The van der Waals surface area contributed by atoms with Crippen molar-refractivity contribution in [2.45, 2.75) is 35.7 Å². The molecule has 0 aromatic carbocycles. The van der Waals surface area contributed by atoms with Crippen molar-refractivity contribution in [3.05, 3.63) is 6.42 Å². The van der Waals surface area contributed by atoms with Crippen LogP contribution in [0.5, 0.6) is 0 Å². The molecule has 2 fully saturated rings. The van der Waals surface area contributed by atoms with E-state index in [-0.39, 0.29) is 6.42 Å². The van der Waals surface area contributed by atoms with Gasteiger partial charge in [0.1, 0.15) is 0 Å². The fraction of sp³-hybridized carbons (Fsp3) is 0.583. The Balaban J connectivity index is 2.61. The van der Waals surface area contributed by atoms with Crippen molar-refractivity contribution >= 4 is 22.3 Å². The SMILES string of the molecule is O=C1[CH-]C2(O)C(=O)OC(O)(OC(=O)[C]2=[Fe+])[C@@](O)([C@H](O)[C@H](O)[C@@H](O)CO)O1. The summed E-state index contributed by atoms with van der Waals surface area (Å²) in [4.78, 5) is 35.8. The Hall–Kier alpha value is -1.61. The van der Waals surface area contributed by atoms with E-state index in [1.165, 1.54) is 0 Å². The Morgan fingerprint density at radius 2 is 1.62 bits per heavy atom. The van der Waals surface area contributed by atoms with Gasteiger partial charge in [-0.2, -0.15) is 0 Å². The Kier molecular flexibility index (Phi) is 5.19. The molecule has 2 aliphatic heterocycles. The number of ether oxygens (including phenoxy) is 3. The van der Waals surface area contributed by atoms with Crippen LogP contribution in [0.1, 0.15) is 0 Å². The number of carbonyl (C=O) groups excluding carboxylic acids is 3. The van der Waals surface area contributed by atoms with Crippen LogP contribution in [0, 0.1) is 6.42 Å². The number of hydrogen-bond acceptors (Lipinski definition) is 13. The van der Waals surface area contributed by atoms with Gasteiger partial charge in [-0.1, -0.05) is 0 Å². The molecule has 0 saturated carbocycles. The summed E-state index contributed by atoms with van der Waals surface area (Å²) >= 11 is 3.03. The van der Waals surface area contributed by atoms with Crippen LogP contribution in [-0.2, 0) is 44.2 Å². The van der Waals surface area contributed by atoms with Crippen LogP contribution < -0.4 is 0 Å². The Bertz CT molecular complexity index is 666. The van der Waals surface area contributed by atoms with Crippen LogP contribution >= 0.6 is 0 Å². The third-order valence-corrected chi connectivity index (χ3v) is 4.26. The summed E-state index contributed by atoms with van der Waals surface area (Å²) in [5.41, 5.74) is -3.12. The summed E-state index contributed by atoms with van der Waals surface area (Å²) in [5.74, 6) is -13.3. The summed E-state index contributed by atoms with van der Waals surface area (Å²) in [6.45, 7) is -1.15. The zero-order valence-corrected chi connectivity index (χ0v) is 13.6. The summed E-state index contributed by atoms with van der Waals surface area (Å²) in [7, 11) is 0. The Morgan fingerprint density at radius 3 is 2.15 bits per heavy atom. The van der Waals surface area contributed by atoms with Crippen molar-refractivity contribution in [2.24, 2.45) is 0 Å². The minimum atomic E-state index is -3.96. The van der Waals surface area contributed by atoms with Crippen molar-refractivity contribution in [3.8, 4) is 0 Å². The van der Waals surface area contributed by atoms with Crippen LogP contribution in [0.2, 0.25) is 0 Å². The second kappa shape index (κ2) is 6.53. The number of esters is 3. The van der Waals surface area contributed by atoms with Gasteiger partial charge in [0.2, 0.25) is 0 Å². The molecule has 6 atom stereocenters. The van der Waals surface area contributed by atoms with E-state index in [9.17, 15) is 45.0 Å². The predicted octanol–water partition coefficient (Wildman–Crippen LogP) is -6.29. The molecule has 7 N–H and O–H groups in total. The molecule has 14 heteroatoms. The molecule has 2 rings (SSSR count). The minimum absolute atomic E-state index is 0.0381. The molecule has 0 aromatic rings. The van der Waals surface area contributed by atoms with Gasteiger partial charge in [-0.25, -0.2) is 0 Å². The monoisotopic (exact) mass is 421 g/mol. The maximum atomic E-state index is 12.0. The van der Waals surface area contributed by atoms with Gasteiger partial charge >= 0.3 is 151 Å². The first kappa shape index (κ1) is 20.7. The number of rotatable bonds is 4. The topological polar surface area (TPSA) is 221 Å². The fourth-order valence-corrected chi connectivity index (χ4v) is 2.37. The normalized spacial score (nSPS) is 38.0. The van der Waals surface area contributed by atoms with Gasteiger partial charge in [-0.15, -0.1) is 0 Å². The van der Waals surface area contributed by atoms with E-state index in [1.54, 1.807) is 0 Å². The van der Waals surface area contributed by atoms with E-state index < -0.39 is 64.6 Å². The molecule has 0 spiro atoms. The molecule has 2 unspecified atom stereocenters.